The molecule has 0 bridgehead atoms. The number of nitrogens with zero attached hydrogens (tertiary/aromatic N) is 1. The normalized spacial score (nSPS) is 24.9. The van der Waals surface area contributed by atoms with Crippen molar-refractivity contribution >= 4 is 0 Å². The summed E-state index contributed by atoms with van der Waals surface area (Å²) < 4.78 is 10.8. The first kappa shape index (κ1) is 14.9. The predicted molar refractivity (Wildman–Crippen MR) is 70.4 cm³/mol. The van der Waals surface area contributed by atoms with Gasteiger partial charge in [-0.15, -0.1) is 0 Å². The molecule has 1 N–H and O–H groups in total. The van der Waals surface area contributed by atoms with Crippen molar-refractivity contribution in [2.75, 3.05) is 40.0 Å². The van der Waals surface area contributed by atoms with Gasteiger partial charge in [0.25, 0.3) is 0 Å². The number of methoxy groups -OCH3 is 1. The van der Waals surface area contributed by atoms with Gasteiger partial charge in [-0.25, -0.2) is 0 Å². The standard InChI is InChI=1S/C13H28N2O2/c1-11-9-17-7-6-15(11)12(10-16-5)8-14-13(2,3)4/h11-12,14H,6-10H2,1-5H3. The van der Waals surface area contributed by atoms with E-state index in [1.165, 1.54) is 0 Å². The van der Waals surface area contributed by atoms with Crippen molar-refractivity contribution in [1.29, 1.82) is 0 Å². The number of morpholine rings is 1. The molecule has 0 aromatic rings. The van der Waals surface area contributed by atoms with Gasteiger partial charge in [-0.2, -0.15) is 0 Å². The molecule has 0 aromatic heterocycles. The Kier molecular flexibility index (Phi) is 5.86. The zero-order chi connectivity index (χ0) is 12.9. The van der Waals surface area contributed by atoms with Crippen molar-refractivity contribution in [2.24, 2.45) is 0 Å². The van der Waals surface area contributed by atoms with Crippen LogP contribution in [0.2, 0.25) is 0 Å². The third-order valence-electron chi connectivity index (χ3n) is 3.12. The lowest BCUT2D eigenvalue weighted by Gasteiger charge is -2.40. The number of hydrogen-bond acceptors (Lipinski definition) is 4. The summed E-state index contributed by atoms with van der Waals surface area (Å²) in [4.78, 5) is 2.49. The van der Waals surface area contributed by atoms with Crippen molar-refractivity contribution in [2.45, 2.75) is 45.3 Å². The van der Waals surface area contributed by atoms with Crippen LogP contribution >= 0.6 is 0 Å². The largest absolute Gasteiger partial charge is 0.383 e. The summed E-state index contributed by atoms with van der Waals surface area (Å²) in [7, 11) is 1.77. The van der Waals surface area contributed by atoms with Crippen LogP contribution in [-0.2, 0) is 9.47 Å². The molecule has 4 heteroatoms. The Balaban J connectivity index is 2.51. The molecule has 0 amide bonds. The molecular formula is C13H28N2O2. The molecule has 2 unspecified atom stereocenters. The molecule has 4 nitrogen and oxygen atoms in total. The quantitative estimate of drug-likeness (QED) is 0.785. The maximum Gasteiger partial charge on any atom is 0.0630 e. The van der Waals surface area contributed by atoms with E-state index in [0.717, 1.165) is 32.9 Å². The van der Waals surface area contributed by atoms with Crippen molar-refractivity contribution in [3.63, 3.8) is 0 Å². The van der Waals surface area contributed by atoms with E-state index in [4.69, 9.17) is 9.47 Å². The van der Waals surface area contributed by atoms with Gasteiger partial charge < -0.3 is 14.8 Å². The second kappa shape index (κ2) is 6.69. The third-order valence-corrected chi connectivity index (χ3v) is 3.12. The molecule has 1 saturated heterocycles. The summed E-state index contributed by atoms with van der Waals surface area (Å²) in [5.74, 6) is 0. The average molecular weight is 244 g/mol. The van der Waals surface area contributed by atoms with E-state index in [1.54, 1.807) is 7.11 Å². The molecule has 0 spiro atoms. The third kappa shape index (κ3) is 5.34. The van der Waals surface area contributed by atoms with Crippen LogP contribution in [0.3, 0.4) is 0 Å². The minimum Gasteiger partial charge on any atom is -0.383 e. The summed E-state index contributed by atoms with van der Waals surface area (Å²) in [5, 5.41) is 3.56. The second-order valence-electron chi connectivity index (χ2n) is 5.90. The molecule has 1 heterocycles. The van der Waals surface area contributed by atoms with Crippen LogP contribution in [0.4, 0.5) is 0 Å². The molecule has 0 aliphatic carbocycles. The van der Waals surface area contributed by atoms with E-state index in [1.807, 2.05) is 0 Å². The highest BCUT2D eigenvalue weighted by Crippen LogP contribution is 2.12. The first-order chi connectivity index (χ1) is 7.94. The minimum atomic E-state index is 0.154. The number of hydrogen-bond donors (Lipinski definition) is 1. The van der Waals surface area contributed by atoms with Crippen LogP contribution in [-0.4, -0.2) is 62.5 Å². The Morgan fingerprint density at radius 3 is 2.71 bits per heavy atom. The average Bonchev–Trinajstić information content (AvgIpc) is 2.24. The fraction of sp³-hybridized carbons (Fsp3) is 1.00. The molecule has 0 radical (unpaired) electrons. The summed E-state index contributed by atoms with van der Waals surface area (Å²) in [6.07, 6.45) is 0. The van der Waals surface area contributed by atoms with E-state index >= 15 is 0 Å². The topological polar surface area (TPSA) is 33.7 Å². The van der Waals surface area contributed by atoms with Crippen molar-refractivity contribution in [1.82, 2.24) is 10.2 Å². The van der Waals surface area contributed by atoms with Crippen LogP contribution < -0.4 is 5.32 Å². The van der Waals surface area contributed by atoms with Crippen molar-refractivity contribution < 1.29 is 9.47 Å². The highest BCUT2D eigenvalue weighted by Gasteiger charge is 2.27. The van der Waals surface area contributed by atoms with Crippen LogP contribution in [0.25, 0.3) is 0 Å². The van der Waals surface area contributed by atoms with Gasteiger partial charge in [0.2, 0.25) is 0 Å². The maximum atomic E-state index is 5.48. The SMILES string of the molecule is COCC(CNC(C)(C)C)N1CCOCC1C. The van der Waals surface area contributed by atoms with E-state index in [-0.39, 0.29) is 5.54 Å². The van der Waals surface area contributed by atoms with Gasteiger partial charge in [0.15, 0.2) is 0 Å². The van der Waals surface area contributed by atoms with E-state index < -0.39 is 0 Å². The smallest absolute Gasteiger partial charge is 0.0630 e. The Bertz CT molecular complexity index is 216. The molecule has 0 saturated carbocycles. The molecule has 1 aliphatic heterocycles. The first-order valence-corrected chi connectivity index (χ1v) is 6.51. The number of ether oxygens (including phenoxy) is 2. The number of nitrogens with one attached hydrogen (secondary N) is 1. The number of rotatable bonds is 5. The summed E-state index contributed by atoms with van der Waals surface area (Å²) >= 11 is 0. The zero-order valence-corrected chi connectivity index (χ0v) is 12.0. The molecular weight excluding hydrogens is 216 g/mol. The summed E-state index contributed by atoms with van der Waals surface area (Å²) in [6.45, 7) is 13.2. The van der Waals surface area contributed by atoms with Crippen LogP contribution in [0.1, 0.15) is 27.7 Å². The summed E-state index contributed by atoms with van der Waals surface area (Å²) in [5.41, 5.74) is 0.154. The Hall–Kier alpha value is -0.160. The van der Waals surface area contributed by atoms with Crippen LogP contribution in [0, 0.1) is 0 Å². The van der Waals surface area contributed by atoms with Crippen LogP contribution in [0.5, 0.6) is 0 Å². The second-order valence-corrected chi connectivity index (χ2v) is 5.90. The van der Waals surface area contributed by atoms with E-state index in [2.05, 4.69) is 37.9 Å². The monoisotopic (exact) mass is 244 g/mol. The highest BCUT2D eigenvalue weighted by atomic mass is 16.5. The molecule has 102 valence electrons. The maximum absolute atomic E-state index is 5.48. The summed E-state index contributed by atoms with van der Waals surface area (Å²) in [6, 6.07) is 0.906. The van der Waals surface area contributed by atoms with Gasteiger partial charge >= 0.3 is 0 Å². The van der Waals surface area contributed by atoms with Gasteiger partial charge in [0.1, 0.15) is 0 Å². The van der Waals surface area contributed by atoms with Crippen molar-refractivity contribution in [3.05, 3.63) is 0 Å². The lowest BCUT2D eigenvalue weighted by molar-refractivity contribution is -0.0383. The Morgan fingerprint density at radius 2 is 2.18 bits per heavy atom. The molecule has 1 aliphatic rings. The van der Waals surface area contributed by atoms with Gasteiger partial charge in [-0.3, -0.25) is 4.90 Å². The lowest BCUT2D eigenvalue weighted by Crippen LogP contribution is -2.56. The zero-order valence-electron chi connectivity index (χ0n) is 12.0. The fourth-order valence-corrected chi connectivity index (χ4v) is 2.17. The lowest BCUT2D eigenvalue weighted by atomic mass is 10.1. The van der Waals surface area contributed by atoms with E-state index in [0.29, 0.717) is 12.1 Å². The van der Waals surface area contributed by atoms with Crippen LogP contribution in [0.15, 0.2) is 0 Å². The molecule has 1 fully saturated rings. The Morgan fingerprint density at radius 1 is 1.47 bits per heavy atom. The van der Waals surface area contributed by atoms with Crippen molar-refractivity contribution in [3.8, 4) is 0 Å². The molecule has 0 aromatic carbocycles. The van der Waals surface area contributed by atoms with Gasteiger partial charge in [-0.1, -0.05) is 0 Å². The first-order valence-electron chi connectivity index (χ1n) is 6.51. The molecule has 1 rings (SSSR count). The van der Waals surface area contributed by atoms with E-state index in [9.17, 15) is 0 Å². The highest BCUT2D eigenvalue weighted by molar-refractivity contribution is 4.83. The minimum absolute atomic E-state index is 0.154. The van der Waals surface area contributed by atoms with Gasteiger partial charge in [-0.05, 0) is 27.7 Å². The fourth-order valence-electron chi connectivity index (χ4n) is 2.17. The predicted octanol–water partition coefficient (Wildman–Crippen LogP) is 1.11. The van der Waals surface area contributed by atoms with Gasteiger partial charge in [0, 0.05) is 37.8 Å². The Labute approximate surface area is 106 Å². The molecule has 17 heavy (non-hydrogen) atoms. The molecule has 2 atom stereocenters. The van der Waals surface area contributed by atoms with Gasteiger partial charge in [0.05, 0.1) is 19.8 Å².